The molecule has 0 spiro atoms. The Morgan fingerprint density at radius 1 is 1.06 bits per heavy atom. The van der Waals surface area contributed by atoms with Gasteiger partial charge in [-0.15, -0.1) is 6.58 Å². The molecule has 0 N–H and O–H groups in total. The molecule has 0 amide bonds. The highest BCUT2D eigenvalue weighted by Gasteiger charge is 2.40. The second kappa shape index (κ2) is 5.96. The number of allylic oxidation sites excluding steroid dienone is 1. The molecule has 0 heterocycles. The maximum absolute atomic E-state index is 5.40. The Balaban J connectivity index is 2.98. The summed E-state index contributed by atoms with van der Waals surface area (Å²) < 4.78 is 16.2. The molecule has 0 radical (unpaired) electrons. The number of hydrogen-bond donors (Lipinski definition) is 0. The van der Waals surface area contributed by atoms with Crippen molar-refractivity contribution in [3.8, 4) is 0 Å². The summed E-state index contributed by atoms with van der Waals surface area (Å²) in [7, 11) is 2.16. The van der Waals surface area contributed by atoms with Crippen LogP contribution in [0.3, 0.4) is 0 Å². The van der Waals surface area contributed by atoms with Gasteiger partial charge in [0.2, 0.25) is 0 Å². The molecular formula is C12H18O3Si. The fourth-order valence-electron chi connectivity index (χ4n) is 1.62. The molecule has 0 aliphatic carbocycles. The van der Waals surface area contributed by atoms with Crippen LogP contribution in [0.5, 0.6) is 0 Å². The first-order valence-electron chi connectivity index (χ1n) is 5.08. The lowest BCUT2D eigenvalue weighted by Gasteiger charge is -2.24. The summed E-state index contributed by atoms with van der Waals surface area (Å²) in [5.74, 6) is 0. The van der Waals surface area contributed by atoms with Gasteiger partial charge in [0, 0.05) is 26.5 Å². The van der Waals surface area contributed by atoms with Gasteiger partial charge in [0.15, 0.2) is 0 Å². The van der Waals surface area contributed by atoms with Crippen LogP contribution >= 0.6 is 0 Å². The van der Waals surface area contributed by atoms with Gasteiger partial charge in [-0.05, 0) is 12.0 Å². The van der Waals surface area contributed by atoms with Gasteiger partial charge in [-0.1, -0.05) is 30.3 Å². The van der Waals surface area contributed by atoms with Crippen LogP contribution in [0.25, 0.3) is 0 Å². The van der Waals surface area contributed by atoms with E-state index in [4.69, 9.17) is 13.3 Å². The van der Waals surface area contributed by atoms with E-state index < -0.39 is 8.80 Å². The molecule has 0 aromatic heterocycles. The Kier molecular flexibility index (Phi) is 4.89. The summed E-state index contributed by atoms with van der Waals surface area (Å²) in [6, 6.07) is 8.05. The van der Waals surface area contributed by atoms with E-state index in [2.05, 4.69) is 6.58 Å². The van der Waals surface area contributed by atoms with Gasteiger partial charge in [-0.2, -0.15) is 0 Å². The average molecular weight is 238 g/mol. The third kappa shape index (κ3) is 2.59. The topological polar surface area (TPSA) is 27.7 Å². The van der Waals surface area contributed by atoms with Crippen LogP contribution in [0.4, 0.5) is 0 Å². The average Bonchev–Trinajstić information content (AvgIpc) is 2.34. The minimum absolute atomic E-state index is 0.863. The lowest BCUT2D eigenvalue weighted by molar-refractivity contribution is 0.140. The fraction of sp³-hybridized carbons (Fsp3) is 0.333. The second-order valence-corrected chi connectivity index (χ2v) is 6.27. The van der Waals surface area contributed by atoms with Gasteiger partial charge in [0.05, 0.1) is 0 Å². The standard InChI is InChI=1S/C12H18O3Si/c1-5-6-11-7-9-12(10-8-11)16(13-2,14-3)15-4/h5,7-10H,1,6H2,2-4H3. The highest BCUT2D eigenvalue weighted by atomic mass is 28.4. The Labute approximate surface area is 98.0 Å². The van der Waals surface area contributed by atoms with Crippen molar-refractivity contribution >= 4 is 14.0 Å². The van der Waals surface area contributed by atoms with Crippen molar-refractivity contribution in [2.45, 2.75) is 6.42 Å². The van der Waals surface area contributed by atoms with Crippen LogP contribution in [0.15, 0.2) is 36.9 Å². The maximum atomic E-state index is 5.40. The number of hydrogen-bond acceptors (Lipinski definition) is 3. The van der Waals surface area contributed by atoms with Gasteiger partial charge in [-0.25, -0.2) is 0 Å². The minimum Gasteiger partial charge on any atom is -0.373 e. The largest absolute Gasteiger partial charge is 0.536 e. The molecule has 1 aromatic carbocycles. The predicted octanol–water partition coefficient (Wildman–Crippen LogP) is 1.50. The number of benzene rings is 1. The first kappa shape index (κ1) is 13.1. The van der Waals surface area contributed by atoms with E-state index in [9.17, 15) is 0 Å². The molecule has 88 valence electrons. The SMILES string of the molecule is C=CCc1ccc([Si](OC)(OC)OC)cc1. The van der Waals surface area contributed by atoms with Gasteiger partial charge < -0.3 is 13.3 Å². The molecule has 1 rings (SSSR count). The van der Waals surface area contributed by atoms with E-state index in [0.717, 1.165) is 11.6 Å². The van der Waals surface area contributed by atoms with E-state index >= 15 is 0 Å². The van der Waals surface area contributed by atoms with Crippen LogP contribution in [0.2, 0.25) is 0 Å². The highest BCUT2D eigenvalue weighted by Crippen LogP contribution is 2.08. The van der Waals surface area contributed by atoms with Crippen LogP contribution in [0, 0.1) is 0 Å². The van der Waals surface area contributed by atoms with E-state index in [1.165, 1.54) is 5.56 Å². The molecular weight excluding hydrogens is 220 g/mol. The first-order chi connectivity index (χ1) is 7.72. The molecule has 4 heteroatoms. The van der Waals surface area contributed by atoms with Crippen LogP contribution in [0.1, 0.15) is 5.56 Å². The fourth-order valence-corrected chi connectivity index (χ4v) is 3.40. The zero-order valence-electron chi connectivity index (χ0n) is 10.0. The Morgan fingerprint density at radius 2 is 1.56 bits per heavy atom. The molecule has 0 saturated heterocycles. The molecule has 0 saturated carbocycles. The zero-order valence-corrected chi connectivity index (χ0v) is 11.0. The van der Waals surface area contributed by atoms with Crippen molar-refractivity contribution in [1.29, 1.82) is 0 Å². The van der Waals surface area contributed by atoms with Crippen molar-refractivity contribution in [3.63, 3.8) is 0 Å². The molecule has 0 bridgehead atoms. The Bertz CT molecular complexity index is 322. The van der Waals surface area contributed by atoms with Crippen molar-refractivity contribution in [2.75, 3.05) is 21.3 Å². The van der Waals surface area contributed by atoms with Crippen molar-refractivity contribution < 1.29 is 13.3 Å². The predicted molar refractivity (Wildman–Crippen MR) is 66.8 cm³/mol. The highest BCUT2D eigenvalue weighted by molar-refractivity contribution is 6.75. The summed E-state index contributed by atoms with van der Waals surface area (Å²) in [6.45, 7) is 3.71. The third-order valence-corrected chi connectivity index (χ3v) is 5.15. The Hall–Kier alpha value is -0.943. The molecule has 0 unspecified atom stereocenters. The molecule has 3 nitrogen and oxygen atoms in total. The van der Waals surface area contributed by atoms with E-state index in [1.807, 2.05) is 30.3 Å². The molecule has 16 heavy (non-hydrogen) atoms. The van der Waals surface area contributed by atoms with E-state index in [0.29, 0.717) is 0 Å². The summed E-state index contributed by atoms with van der Waals surface area (Å²) in [5, 5.41) is 0.966. The monoisotopic (exact) mass is 238 g/mol. The van der Waals surface area contributed by atoms with Gasteiger partial charge in [-0.3, -0.25) is 0 Å². The van der Waals surface area contributed by atoms with Crippen molar-refractivity contribution in [2.24, 2.45) is 0 Å². The summed E-state index contributed by atoms with van der Waals surface area (Å²) >= 11 is 0. The minimum atomic E-state index is -2.67. The normalized spacial score (nSPS) is 11.4. The van der Waals surface area contributed by atoms with Gasteiger partial charge in [0.1, 0.15) is 0 Å². The van der Waals surface area contributed by atoms with Crippen molar-refractivity contribution in [3.05, 3.63) is 42.5 Å². The molecule has 0 fully saturated rings. The number of rotatable bonds is 6. The summed E-state index contributed by atoms with van der Waals surface area (Å²) in [4.78, 5) is 0. The van der Waals surface area contributed by atoms with Crippen LogP contribution in [-0.2, 0) is 19.7 Å². The van der Waals surface area contributed by atoms with Crippen molar-refractivity contribution in [1.82, 2.24) is 0 Å². The Morgan fingerprint density at radius 3 is 1.94 bits per heavy atom. The molecule has 0 aliphatic rings. The van der Waals surface area contributed by atoms with E-state index in [1.54, 1.807) is 21.3 Å². The van der Waals surface area contributed by atoms with Gasteiger partial charge >= 0.3 is 8.80 Å². The van der Waals surface area contributed by atoms with E-state index in [-0.39, 0.29) is 0 Å². The lowest BCUT2D eigenvalue weighted by Crippen LogP contribution is -2.54. The maximum Gasteiger partial charge on any atom is 0.536 e. The second-order valence-electron chi connectivity index (χ2n) is 3.36. The summed E-state index contributed by atoms with van der Waals surface area (Å²) in [6.07, 6.45) is 2.74. The van der Waals surface area contributed by atoms with Crippen LogP contribution < -0.4 is 5.19 Å². The third-order valence-electron chi connectivity index (χ3n) is 2.49. The van der Waals surface area contributed by atoms with Gasteiger partial charge in [0.25, 0.3) is 0 Å². The first-order valence-corrected chi connectivity index (χ1v) is 6.80. The molecule has 0 aliphatic heterocycles. The quantitative estimate of drug-likeness (QED) is 0.555. The smallest absolute Gasteiger partial charge is 0.373 e. The lowest BCUT2D eigenvalue weighted by atomic mass is 10.2. The summed E-state index contributed by atoms with van der Waals surface area (Å²) in [5.41, 5.74) is 1.21. The zero-order chi connectivity index (χ0) is 12.0. The van der Waals surface area contributed by atoms with Crippen LogP contribution in [-0.4, -0.2) is 30.1 Å². The molecule has 1 aromatic rings. The molecule has 0 atom stereocenters.